The van der Waals surface area contributed by atoms with E-state index in [0.717, 1.165) is 23.5 Å². The predicted molar refractivity (Wildman–Crippen MR) is 98.1 cm³/mol. The Labute approximate surface area is 159 Å². The molecule has 0 fully saturated rings. The van der Waals surface area contributed by atoms with Gasteiger partial charge in [0.1, 0.15) is 10.7 Å². The number of anilines is 2. The molecule has 0 unspecified atom stereocenters. The van der Waals surface area contributed by atoms with Crippen LogP contribution in [0, 0.1) is 11.6 Å². The third-order valence-corrected chi connectivity index (χ3v) is 5.04. The smallest absolute Gasteiger partial charge is 0.348 e. The van der Waals surface area contributed by atoms with Gasteiger partial charge in [-0.3, -0.25) is 0 Å². The molecule has 1 aromatic rings. The second kappa shape index (κ2) is 7.59. The van der Waals surface area contributed by atoms with Crippen LogP contribution in [-0.4, -0.2) is 38.7 Å². The zero-order chi connectivity index (χ0) is 19.7. The van der Waals surface area contributed by atoms with Crippen LogP contribution in [0.15, 0.2) is 33.8 Å². The van der Waals surface area contributed by atoms with Gasteiger partial charge in [0.2, 0.25) is 0 Å². The number of hydrogen-bond acceptors (Lipinski definition) is 7. The second-order valence-electron chi connectivity index (χ2n) is 5.77. The van der Waals surface area contributed by atoms with Crippen LogP contribution in [0.5, 0.6) is 0 Å². The minimum absolute atomic E-state index is 0.0548. The lowest BCUT2D eigenvalue weighted by Crippen LogP contribution is -2.36. The first-order valence-corrected chi connectivity index (χ1v) is 9.22. The number of nitrogens with zero attached hydrogens (tertiary/aromatic N) is 2. The van der Waals surface area contributed by atoms with Crippen molar-refractivity contribution in [2.24, 2.45) is 0 Å². The molecule has 144 valence electrons. The molecule has 2 aliphatic heterocycles. The number of rotatable bonds is 4. The van der Waals surface area contributed by atoms with Gasteiger partial charge in [0.05, 0.1) is 25.4 Å². The van der Waals surface area contributed by atoms with Crippen molar-refractivity contribution in [3.8, 4) is 0 Å². The second-order valence-corrected chi connectivity index (χ2v) is 6.63. The van der Waals surface area contributed by atoms with E-state index in [2.05, 4.69) is 0 Å². The van der Waals surface area contributed by atoms with Crippen molar-refractivity contribution >= 4 is 35.1 Å². The molecule has 0 atom stereocenters. The lowest BCUT2D eigenvalue weighted by Gasteiger charge is -2.37. The standard InChI is InChI=1S/C18H18F2N2O4S/c1-4-25-17(23)13(18(24)26-5-2)16-22-10(9-27-16)8-21(3)15-12(22)7-6-11(19)14(15)20/h6-7,9H,4-5,8H2,1-3H3. The van der Waals surface area contributed by atoms with E-state index in [4.69, 9.17) is 9.47 Å². The lowest BCUT2D eigenvalue weighted by atomic mass is 10.1. The van der Waals surface area contributed by atoms with Crippen LogP contribution in [0.1, 0.15) is 13.8 Å². The molecule has 0 bridgehead atoms. The van der Waals surface area contributed by atoms with Crippen LogP contribution in [0.3, 0.4) is 0 Å². The van der Waals surface area contributed by atoms with Crippen LogP contribution in [0.25, 0.3) is 0 Å². The first-order valence-electron chi connectivity index (χ1n) is 8.34. The van der Waals surface area contributed by atoms with Gasteiger partial charge in [0.15, 0.2) is 17.2 Å². The highest BCUT2D eigenvalue weighted by atomic mass is 32.2. The fourth-order valence-corrected chi connectivity index (χ4v) is 4.00. The summed E-state index contributed by atoms with van der Waals surface area (Å²) in [7, 11) is 1.64. The minimum Gasteiger partial charge on any atom is -0.462 e. The van der Waals surface area contributed by atoms with E-state index in [-0.39, 0.29) is 36.0 Å². The molecule has 27 heavy (non-hydrogen) atoms. The summed E-state index contributed by atoms with van der Waals surface area (Å²) in [5.74, 6) is -3.60. The van der Waals surface area contributed by atoms with Crippen molar-refractivity contribution in [1.29, 1.82) is 0 Å². The molecule has 0 saturated heterocycles. The molecule has 2 heterocycles. The molecule has 0 radical (unpaired) electrons. The first kappa shape index (κ1) is 19.2. The van der Waals surface area contributed by atoms with E-state index < -0.39 is 23.6 Å². The Morgan fingerprint density at radius 2 is 1.78 bits per heavy atom. The molecule has 0 aromatic heterocycles. The SMILES string of the molecule is CCOC(=O)C(C(=O)OCC)=C1SC=C2CN(C)c3c(ccc(F)c3F)N21. The molecule has 0 spiro atoms. The molecule has 3 rings (SSSR count). The number of hydrogen-bond donors (Lipinski definition) is 0. The lowest BCUT2D eigenvalue weighted by molar-refractivity contribution is -0.146. The van der Waals surface area contributed by atoms with Gasteiger partial charge in [-0.15, -0.1) is 0 Å². The molecule has 2 aliphatic rings. The summed E-state index contributed by atoms with van der Waals surface area (Å²) in [6.45, 7) is 3.70. The number of likely N-dealkylation sites (N-methyl/N-ethyl adjacent to an activating group) is 1. The van der Waals surface area contributed by atoms with Crippen LogP contribution >= 0.6 is 11.8 Å². The maximum Gasteiger partial charge on any atom is 0.348 e. The predicted octanol–water partition coefficient (Wildman–Crippen LogP) is 3.15. The summed E-state index contributed by atoms with van der Waals surface area (Å²) in [6.07, 6.45) is 0. The quantitative estimate of drug-likeness (QED) is 0.335. The van der Waals surface area contributed by atoms with Crippen molar-refractivity contribution < 1.29 is 27.8 Å². The van der Waals surface area contributed by atoms with Gasteiger partial charge in [-0.1, -0.05) is 11.8 Å². The van der Waals surface area contributed by atoms with E-state index in [1.165, 1.54) is 6.07 Å². The van der Waals surface area contributed by atoms with Crippen LogP contribution in [0.4, 0.5) is 20.2 Å². The number of thioether (sulfide) groups is 1. The third-order valence-electron chi connectivity index (χ3n) is 4.04. The summed E-state index contributed by atoms with van der Waals surface area (Å²) >= 11 is 1.14. The van der Waals surface area contributed by atoms with Gasteiger partial charge in [-0.05, 0) is 31.4 Å². The normalized spacial score (nSPS) is 15.1. The van der Waals surface area contributed by atoms with Gasteiger partial charge in [0, 0.05) is 12.7 Å². The molecular formula is C18H18F2N2O4S. The number of ether oxygens (including phenoxy) is 2. The molecule has 6 nitrogen and oxygen atoms in total. The number of esters is 2. The zero-order valence-corrected chi connectivity index (χ0v) is 15.9. The van der Waals surface area contributed by atoms with Gasteiger partial charge in [-0.2, -0.15) is 0 Å². The Balaban J connectivity index is 2.18. The average Bonchev–Trinajstić information content (AvgIpc) is 3.02. The molecule has 1 aromatic carbocycles. The highest BCUT2D eigenvalue weighted by molar-refractivity contribution is 8.06. The Hall–Kier alpha value is -2.55. The van der Waals surface area contributed by atoms with Gasteiger partial charge < -0.3 is 19.3 Å². The van der Waals surface area contributed by atoms with Gasteiger partial charge in [-0.25, -0.2) is 18.4 Å². The number of benzene rings is 1. The number of carbonyl (C=O) groups excluding carboxylic acids is 2. The van der Waals surface area contributed by atoms with E-state index in [9.17, 15) is 18.4 Å². The van der Waals surface area contributed by atoms with Crippen molar-refractivity contribution in [1.82, 2.24) is 0 Å². The summed E-state index contributed by atoms with van der Waals surface area (Å²) in [5, 5.41) is 2.01. The minimum atomic E-state index is -0.987. The summed E-state index contributed by atoms with van der Waals surface area (Å²) < 4.78 is 38.2. The Kier molecular flexibility index (Phi) is 5.41. The van der Waals surface area contributed by atoms with Crippen molar-refractivity contribution in [3.63, 3.8) is 0 Å². The van der Waals surface area contributed by atoms with Gasteiger partial charge in [0.25, 0.3) is 0 Å². The van der Waals surface area contributed by atoms with E-state index in [0.29, 0.717) is 5.69 Å². The number of halogens is 2. The highest BCUT2D eigenvalue weighted by Crippen LogP contribution is 2.48. The summed E-state index contributed by atoms with van der Waals surface area (Å²) in [5.41, 5.74) is 0.844. The third kappa shape index (κ3) is 3.27. The fraction of sp³-hybridized carbons (Fsp3) is 0.333. The zero-order valence-electron chi connectivity index (χ0n) is 15.0. The topological polar surface area (TPSA) is 59.1 Å². The molecular weight excluding hydrogens is 378 g/mol. The summed E-state index contributed by atoms with van der Waals surface area (Å²) in [6, 6.07) is 2.43. The van der Waals surface area contributed by atoms with Crippen molar-refractivity contribution in [2.75, 3.05) is 36.6 Å². The maximum absolute atomic E-state index is 14.4. The van der Waals surface area contributed by atoms with Crippen molar-refractivity contribution in [3.05, 3.63) is 45.5 Å². The molecule has 0 aliphatic carbocycles. The van der Waals surface area contributed by atoms with Crippen LogP contribution in [0.2, 0.25) is 0 Å². The van der Waals surface area contributed by atoms with E-state index >= 15 is 0 Å². The monoisotopic (exact) mass is 396 g/mol. The molecule has 0 N–H and O–H groups in total. The largest absolute Gasteiger partial charge is 0.462 e. The van der Waals surface area contributed by atoms with Crippen LogP contribution < -0.4 is 9.80 Å². The van der Waals surface area contributed by atoms with Crippen molar-refractivity contribution in [2.45, 2.75) is 13.8 Å². The van der Waals surface area contributed by atoms with Crippen LogP contribution in [-0.2, 0) is 19.1 Å². The maximum atomic E-state index is 14.4. The Morgan fingerprint density at radius 3 is 2.37 bits per heavy atom. The van der Waals surface area contributed by atoms with E-state index in [1.54, 1.807) is 36.1 Å². The number of carbonyl (C=O) groups is 2. The van der Waals surface area contributed by atoms with E-state index in [1.807, 2.05) is 0 Å². The molecule has 0 saturated carbocycles. The summed E-state index contributed by atoms with van der Waals surface area (Å²) in [4.78, 5) is 28.0. The Bertz CT molecular complexity index is 849. The number of fused-ring (bicyclic) bond motifs is 3. The average molecular weight is 396 g/mol. The highest BCUT2D eigenvalue weighted by Gasteiger charge is 2.39. The Morgan fingerprint density at radius 1 is 1.15 bits per heavy atom. The fourth-order valence-electron chi connectivity index (χ4n) is 2.96. The molecule has 9 heteroatoms. The molecule has 0 amide bonds. The van der Waals surface area contributed by atoms with Gasteiger partial charge >= 0.3 is 11.9 Å². The first-order chi connectivity index (χ1) is 12.9.